The highest BCUT2D eigenvalue weighted by Crippen LogP contribution is 2.34. The lowest BCUT2D eigenvalue weighted by Gasteiger charge is -2.34. The van der Waals surface area contributed by atoms with E-state index in [0.717, 1.165) is 13.1 Å². The molecule has 29 heavy (non-hydrogen) atoms. The summed E-state index contributed by atoms with van der Waals surface area (Å²) in [7, 11) is 3.16. The number of ether oxygens (including phenoxy) is 4. The van der Waals surface area contributed by atoms with Crippen molar-refractivity contribution in [3.8, 4) is 23.1 Å². The summed E-state index contributed by atoms with van der Waals surface area (Å²) in [6, 6.07) is 5.31. The number of rotatable bonds is 8. The maximum absolute atomic E-state index is 11.7. The minimum Gasteiger partial charge on any atom is -0.493 e. The molecule has 0 unspecified atom stereocenters. The van der Waals surface area contributed by atoms with Gasteiger partial charge in [-0.1, -0.05) is 0 Å². The number of benzene rings is 1. The highest BCUT2D eigenvalue weighted by atomic mass is 16.5. The Morgan fingerprint density at radius 3 is 2.45 bits per heavy atom. The van der Waals surface area contributed by atoms with Crippen LogP contribution >= 0.6 is 0 Å². The van der Waals surface area contributed by atoms with Crippen molar-refractivity contribution in [2.45, 2.75) is 6.92 Å². The van der Waals surface area contributed by atoms with Crippen LogP contribution in [0.1, 0.15) is 6.92 Å². The van der Waals surface area contributed by atoms with Gasteiger partial charge in [-0.3, -0.25) is 9.69 Å². The van der Waals surface area contributed by atoms with E-state index in [0.29, 0.717) is 55.2 Å². The van der Waals surface area contributed by atoms with Crippen LogP contribution in [0.25, 0.3) is 0 Å². The average Bonchev–Trinajstić information content (AvgIpc) is 2.75. The normalized spacial score (nSPS) is 14.4. The summed E-state index contributed by atoms with van der Waals surface area (Å²) in [6.07, 6.45) is 3.23. The molecule has 1 aromatic heterocycles. The summed E-state index contributed by atoms with van der Waals surface area (Å²) in [6.45, 7) is 5.38. The van der Waals surface area contributed by atoms with E-state index in [-0.39, 0.29) is 5.97 Å². The van der Waals surface area contributed by atoms with E-state index < -0.39 is 0 Å². The maximum atomic E-state index is 11.7. The third-order valence-corrected chi connectivity index (χ3v) is 4.55. The van der Waals surface area contributed by atoms with Crippen LogP contribution < -0.4 is 19.1 Å². The van der Waals surface area contributed by atoms with E-state index in [1.165, 1.54) is 0 Å². The second kappa shape index (κ2) is 9.92. The van der Waals surface area contributed by atoms with Crippen molar-refractivity contribution in [1.82, 2.24) is 14.9 Å². The second-order valence-corrected chi connectivity index (χ2v) is 6.37. The Bertz CT molecular complexity index is 824. The van der Waals surface area contributed by atoms with Gasteiger partial charge in [0.05, 0.1) is 27.4 Å². The van der Waals surface area contributed by atoms with E-state index in [1.54, 1.807) is 44.8 Å². The van der Waals surface area contributed by atoms with Crippen LogP contribution in [-0.2, 0) is 9.53 Å². The largest absolute Gasteiger partial charge is 0.493 e. The molecule has 0 bridgehead atoms. The Hall–Kier alpha value is -3.07. The molecule has 2 heterocycles. The summed E-state index contributed by atoms with van der Waals surface area (Å²) in [5.74, 6) is 2.65. The number of aromatic nitrogens is 2. The lowest BCUT2D eigenvalue weighted by Crippen LogP contribution is -2.48. The first-order valence-corrected chi connectivity index (χ1v) is 9.48. The van der Waals surface area contributed by atoms with Gasteiger partial charge in [0.2, 0.25) is 0 Å². The molecule has 1 aromatic carbocycles. The smallest absolute Gasteiger partial charge is 0.320 e. The number of anilines is 1. The van der Waals surface area contributed by atoms with Crippen LogP contribution in [0.3, 0.4) is 0 Å². The first-order valence-electron chi connectivity index (χ1n) is 9.48. The Morgan fingerprint density at radius 2 is 1.76 bits per heavy atom. The van der Waals surface area contributed by atoms with Crippen LogP contribution in [0.15, 0.2) is 30.6 Å². The number of methoxy groups -OCH3 is 2. The number of hydrogen-bond acceptors (Lipinski definition) is 9. The van der Waals surface area contributed by atoms with Crippen molar-refractivity contribution in [2.75, 3.05) is 58.5 Å². The van der Waals surface area contributed by atoms with Gasteiger partial charge in [0, 0.05) is 44.6 Å². The monoisotopic (exact) mass is 402 g/mol. The highest BCUT2D eigenvalue weighted by Gasteiger charge is 2.23. The molecule has 9 heteroatoms. The number of carbonyl (C=O) groups excluding carboxylic acids is 1. The quantitative estimate of drug-likeness (QED) is 0.615. The van der Waals surface area contributed by atoms with E-state index >= 15 is 0 Å². The van der Waals surface area contributed by atoms with E-state index in [2.05, 4.69) is 19.8 Å². The predicted molar refractivity (Wildman–Crippen MR) is 107 cm³/mol. The van der Waals surface area contributed by atoms with Crippen LogP contribution in [0.5, 0.6) is 23.1 Å². The topological polar surface area (TPSA) is 86.3 Å². The molecule has 1 fully saturated rings. The molecule has 0 atom stereocenters. The molecule has 1 aliphatic heterocycles. The fourth-order valence-corrected chi connectivity index (χ4v) is 3.11. The highest BCUT2D eigenvalue weighted by molar-refractivity contribution is 5.71. The molecule has 1 aliphatic rings. The molecule has 0 N–H and O–H groups in total. The minimum absolute atomic E-state index is 0.196. The van der Waals surface area contributed by atoms with Crippen LogP contribution in [0, 0.1) is 0 Å². The van der Waals surface area contributed by atoms with Gasteiger partial charge in [-0.25, -0.2) is 9.97 Å². The third kappa shape index (κ3) is 5.26. The van der Waals surface area contributed by atoms with Gasteiger partial charge in [-0.2, -0.15) is 0 Å². The zero-order chi connectivity index (χ0) is 20.6. The lowest BCUT2D eigenvalue weighted by molar-refractivity contribution is -0.144. The average molecular weight is 402 g/mol. The summed E-state index contributed by atoms with van der Waals surface area (Å²) in [5.41, 5.74) is 0. The van der Waals surface area contributed by atoms with Crippen molar-refractivity contribution in [2.24, 2.45) is 0 Å². The number of carbonyl (C=O) groups is 1. The molecule has 0 spiro atoms. The van der Waals surface area contributed by atoms with Crippen LogP contribution in [0.2, 0.25) is 0 Å². The molecular formula is C20H26N4O5. The van der Waals surface area contributed by atoms with Crippen molar-refractivity contribution in [1.29, 1.82) is 0 Å². The fraction of sp³-hybridized carbons (Fsp3) is 0.450. The zero-order valence-corrected chi connectivity index (χ0v) is 17.0. The summed E-state index contributed by atoms with van der Waals surface area (Å²) >= 11 is 0. The van der Waals surface area contributed by atoms with Crippen molar-refractivity contribution >= 4 is 11.8 Å². The molecule has 156 valence electrons. The molecule has 9 nitrogen and oxygen atoms in total. The Morgan fingerprint density at radius 1 is 1.03 bits per heavy atom. The molecule has 3 rings (SSSR count). The first kappa shape index (κ1) is 20.7. The Kier molecular flexibility index (Phi) is 7.07. The lowest BCUT2D eigenvalue weighted by atomic mass is 10.3. The molecule has 2 aromatic rings. The van der Waals surface area contributed by atoms with Gasteiger partial charge in [0.25, 0.3) is 5.88 Å². The molecule has 0 saturated carbocycles. The van der Waals surface area contributed by atoms with E-state index in [1.807, 2.05) is 6.92 Å². The van der Waals surface area contributed by atoms with Crippen molar-refractivity contribution < 1.29 is 23.7 Å². The molecular weight excluding hydrogens is 376 g/mol. The summed E-state index contributed by atoms with van der Waals surface area (Å²) in [4.78, 5) is 24.7. The van der Waals surface area contributed by atoms with Crippen molar-refractivity contribution in [3.05, 3.63) is 30.6 Å². The van der Waals surface area contributed by atoms with E-state index in [9.17, 15) is 4.79 Å². The van der Waals surface area contributed by atoms with E-state index in [4.69, 9.17) is 18.9 Å². The van der Waals surface area contributed by atoms with Crippen LogP contribution in [0.4, 0.5) is 5.82 Å². The van der Waals surface area contributed by atoms with Gasteiger partial charge in [0.15, 0.2) is 17.3 Å². The Balaban J connectivity index is 1.68. The van der Waals surface area contributed by atoms with Crippen molar-refractivity contribution in [3.63, 3.8) is 0 Å². The van der Waals surface area contributed by atoms with Crippen LogP contribution in [-0.4, -0.2) is 74.4 Å². The number of hydrogen-bond donors (Lipinski definition) is 0. The number of esters is 1. The third-order valence-electron chi connectivity index (χ3n) is 4.55. The fourth-order valence-electron chi connectivity index (χ4n) is 3.11. The Labute approximate surface area is 170 Å². The standard InChI is InChI=1S/C20H26N4O5/c1-4-28-18(25)14-23-9-11-24(12-10-23)19-20(22-8-7-21-19)29-15-5-6-16(26-2)17(13-15)27-3/h5-8,13H,4,9-12,14H2,1-3H3. The second-order valence-electron chi connectivity index (χ2n) is 6.37. The van der Waals surface area contributed by atoms with Gasteiger partial charge in [-0.15, -0.1) is 0 Å². The summed E-state index contributed by atoms with van der Waals surface area (Å²) < 4.78 is 21.6. The maximum Gasteiger partial charge on any atom is 0.320 e. The van der Waals surface area contributed by atoms with Gasteiger partial charge in [0.1, 0.15) is 5.75 Å². The predicted octanol–water partition coefficient (Wildman–Crippen LogP) is 1.97. The number of piperazine rings is 1. The molecule has 1 saturated heterocycles. The zero-order valence-electron chi connectivity index (χ0n) is 17.0. The molecule has 0 aliphatic carbocycles. The van der Waals surface area contributed by atoms with Gasteiger partial charge < -0.3 is 23.8 Å². The molecule has 0 radical (unpaired) electrons. The molecule has 0 amide bonds. The summed E-state index contributed by atoms with van der Waals surface area (Å²) in [5, 5.41) is 0. The SMILES string of the molecule is CCOC(=O)CN1CCN(c2nccnc2Oc2ccc(OC)c(OC)c2)CC1. The minimum atomic E-state index is -0.196. The van der Waals surface area contributed by atoms with Gasteiger partial charge in [-0.05, 0) is 19.1 Å². The number of nitrogens with zero attached hydrogens (tertiary/aromatic N) is 4. The van der Waals surface area contributed by atoms with Gasteiger partial charge >= 0.3 is 5.97 Å². The first-order chi connectivity index (χ1) is 14.1.